The molecule has 2 atom stereocenters. The standard InChI is InChI=1S/C21H27N3O2/c1-17(18-8-4-2-5-9-18)22-21(25)23-20(19-10-6-3-7-11-19)16-24-12-14-26-15-13-24/h2-11,17,20H,12-16H2,1H3,(H2,22,23,25)/t17-,20-/m1/s1. The van der Waals surface area contributed by atoms with Gasteiger partial charge >= 0.3 is 6.03 Å². The normalized spacial score (nSPS) is 17.3. The zero-order valence-corrected chi connectivity index (χ0v) is 15.2. The molecule has 0 aliphatic carbocycles. The number of ether oxygens (including phenoxy) is 1. The van der Waals surface area contributed by atoms with Crippen molar-refractivity contribution in [2.45, 2.75) is 19.0 Å². The summed E-state index contributed by atoms with van der Waals surface area (Å²) in [4.78, 5) is 14.9. The average molecular weight is 353 g/mol. The largest absolute Gasteiger partial charge is 0.379 e. The smallest absolute Gasteiger partial charge is 0.315 e. The topological polar surface area (TPSA) is 53.6 Å². The fraction of sp³-hybridized carbons (Fsp3) is 0.381. The van der Waals surface area contributed by atoms with Crippen LogP contribution in [0, 0.1) is 0 Å². The minimum Gasteiger partial charge on any atom is -0.379 e. The molecule has 2 N–H and O–H groups in total. The molecular formula is C21H27N3O2. The summed E-state index contributed by atoms with van der Waals surface area (Å²) in [7, 11) is 0. The molecule has 0 bridgehead atoms. The molecule has 1 aliphatic rings. The van der Waals surface area contributed by atoms with E-state index in [9.17, 15) is 4.79 Å². The van der Waals surface area contributed by atoms with Gasteiger partial charge in [-0.3, -0.25) is 4.90 Å². The Hall–Kier alpha value is -2.37. The molecular weight excluding hydrogens is 326 g/mol. The van der Waals surface area contributed by atoms with Crippen LogP contribution in [0.15, 0.2) is 60.7 Å². The number of hydrogen-bond donors (Lipinski definition) is 2. The van der Waals surface area contributed by atoms with Crippen LogP contribution >= 0.6 is 0 Å². The highest BCUT2D eigenvalue weighted by Gasteiger charge is 2.20. The molecule has 1 fully saturated rings. The molecule has 2 aromatic carbocycles. The molecule has 0 radical (unpaired) electrons. The van der Waals surface area contributed by atoms with Crippen molar-refractivity contribution in [2.24, 2.45) is 0 Å². The van der Waals surface area contributed by atoms with Gasteiger partial charge < -0.3 is 15.4 Å². The predicted octanol–water partition coefficient (Wildman–Crippen LogP) is 3.12. The first-order valence-corrected chi connectivity index (χ1v) is 9.19. The summed E-state index contributed by atoms with van der Waals surface area (Å²) in [5.74, 6) is 0. The van der Waals surface area contributed by atoms with Crippen molar-refractivity contribution in [1.82, 2.24) is 15.5 Å². The third kappa shape index (κ3) is 5.31. The lowest BCUT2D eigenvalue weighted by atomic mass is 10.1. The Kier molecular flexibility index (Phi) is 6.63. The van der Waals surface area contributed by atoms with E-state index in [1.807, 2.05) is 55.5 Å². The molecule has 2 aromatic rings. The maximum absolute atomic E-state index is 12.6. The lowest BCUT2D eigenvalue weighted by Gasteiger charge is -2.31. The van der Waals surface area contributed by atoms with Crippen molar-refractivity contribution in [3.63, 3.8) is 0 Å². The molecule has 5 heteroatoms. The SMILES string of the molecule is C[C@@H](NC(=O)N[C@H](CN1CCOCC1)c1ccccc1)c1ccccc1. The van der Waals surface area contributed by atoms with E-state index in [1.165, 1.54) is 0 Å². The quantitative estimate of drug-likeness (QED) is 0.839. The Balaban J connectivity index is 1.63. The van der Waals surface area contributed by atoms with Crippen molar-refractivity contribution >= 4 is 6.03 Å². The molecule has 1 saturated heterocycles. The minimum atomic E-state index is -0.150. The van der Waals surface area contributed by atoms with Crippen molar-refractivity contribution in [2.75, 3.05) is 32.8 Å². The van der Waals surface area contributed by atoms with Crippen molar-refractivity contribution in [1.29, 1.82) is 0 Å². The fourth-order valence-corrected chi connectivity index (χ4v) is 3.18. The van der Waals surface area contributed by atoms with E-state index in [4.69, 9.17) is 4.74 Å². The van der Waals surface area contributed by atoms with E-state index in [1.54, 1.807) is 0 Å². The number of amides is 2. The summed E-state index contributed by atoms with van der Waals surface area (Å²) >= 11 is 0. The van der Waals surface area contributed by atoms with Crippen LogP contribution in [0.4, 0.5) is 4.79 Å². The maximum atomic E-state index is 12.6. The van der Waals surface area contributed by atoms with Gasteiger partial charge in [0.25, 0.3) is 0 Å². The summed E-state index contributed by atoms with van der Waals surface area (Å²) in [6.45, 7) is 6.06. The van der Waals surface area contributed by atoms with Gasteiger partial charge in [-0.1, -0.05) is 60.7 Å². The van der Waals surface area contributed by atoms with Crippen LogP contribution in [0.5, 0.6) is 0 Å². The molecule has 0 spiro atoms. The van der Waals surface area contributed by atoms with Crippen LogP contribution in [0.25, 0.3) is 0 Å². The van der Waals surface area contributed by atoms with Gasteiger partial charge in [-0.15, -0.1) is 0 Å². The van der Waals surface area contributed by atoms with Gasteiger partial charge in [0.15, 0.2) is 0 Å². The Bertz CT molecular complexity index is 672. The number of rotatable bonds is 6. The summed E-state index contributed by atoms with van der Waals surface area (Å²) in [5.41, 5.74) is 2.20. The van der Waals surface area contributed by atoms with Gasteiger partial charge in [0, 0.05) is 19.6 Å². The van der Waals surface area contributed by atoms with E-state index < -0.39 is 0 Å². The summed E-state index contributed by atoms with van der Waals surface area (Å²) < 4.78 is 5.43. The predicted molar refractivity (Wildman–Crippen MR) is 103 cm³/mol. The Morgan fingerprint density at radius 3 is 2.15 bits per heavy atom. The molecule has 26 heavy (non-hydrogen) atoms. The van der Waals surface area contributed by atoms with Crippen LogP contribution in [0.2, 0.25) is 0 Å². The summed E-state index contributed by atoms with van der Waals surface area (Å²) in [6.07, 6.45) is 0. The van der Waals surface area contributed by atoms with Gasteiger partial charge in [-0.05, 0) is 18.1 Å². The lowest BCUT2D eigenvalue weighted by Crippen LogP contribution is -2.46. The zero-order valence-electron chi connectivity index (χ0n) is 15.2. The molecule has 0 unspecified atom stereocenters. The Morgan fingerprint density at radius 2 is 1.54 bits per heavy atom. The molecule has 5 nitrogen and oxygen atoms in total. The van der Waals surface area contributed by atoms with E-state index in [-0.39, 0.29) is 18.1 Å². The van der Waals surface area contributed by atoms with Gasteiger partial charge in [0.1, 0.15) is 0 Å². The molecule has 2 amide bonds. The van der Waals surface area contributed by atoms with Gasteiger partial charge in [0.2, 0.25) is 0 Å². The number of carbonyl (C=O) groups is 1. The number of carbonyl (C=O) groups excluding carboxylic acids is 1. The highest BCUT2D eigenvalue weighted by Crippen LogP contribution is 2.16. The highest BCUT2D eigenvalue weighted by molar-refractivity contribution is 5.75. The first-order chi connectivity index (χ1) is 12.7. The van der Waals surface area contributed by atoms with Gasteiger partial charge in [0.05, 0.1) is 25.3 Å². The van der Waals surface area contributed by atoms with E-state index in [0.717, 1.165) is 44.0 Å². The summed E-state index contributed by atoms with van der Waals surface area (Å²) in [5, 5.41) is 6.19. The zero-order chi connectivity index (χ0) is 18.2. The third-order valence-electron chi connectivity index (χ3n) is 4.70. The second kappa shape index (κ2) is 9.36. The van der Waals surface area contributed by atoms with Crippen molar-refractivity contribution in [3.8, 4) is 0 Å². The van der Waals surface area contributed by atoms with Crippen molar-refractivity contribution < 1.29 is 9.53 Å². The molecule has 1 heterocycles. The average Bonchev–Trinajstić information content (AvgIpc) is 2.69. The van der Waals surface area contributed by atoms with E-state index in [2.05, 4.69) is 27.7 Å². The minimum absolute atomic E-state index is 0.0454. The molecule has 3 rings (SSSR count). The molecule has 138 valence electrons. The van der Waals surface area contributed by atoms with E-state index in [0.29, 0.717) is 0 Å². The first-order valence-electron chi connectivity index (χ1n) is 9.19. The second-order valence-corrected chi connectivity index (χ2v) is 6.63. The number of urea groups is 1. The Morgan fingerprint density at radius 1 is 0.962 bits per heavy atom. The number of hydrogen-bond acceptors (Lipinski definition) is 3. The Labute approximate surface area is 155 Å². The molecule has 0 aromatic heterocycles. The highest BCUT2D eigenvalue weighted by atomic mass is 16.5. The van der Waals surface area contributed by atoms with Crippen LogP contribution in [0.3, 0.4) is 0 Å². The monoisotopic (exact) mass is 353 g/mol. The summed E-state index contributed by atoms with van der Waals surface area (Å²) in [6, 6.07) is 19.9. The van der Waals surface area contributed by atoms with E-state index >= 15 is 0 Å². The number of nitrogens with one attached hydrogen (secondary N) is 2. The maximum Gasteiger partial charge on any atom is 0.315 e. The molecule has 0 saturated carbocycles. The van der Waals surface area contributed by atoms with Crippen molar-refractivity contribution in [3.05, 3.63) is 71.8 Å². The van der Waals surface area contributed by atoms with Crippen LogP contribution in [-0.2, 0) is 4.74 Å². The number of morpholine rings is 1. The number of benzene rings is 2. The van der Waals surface area contributed by atoms with Crippen LogP contribution in [-0.4, -0.2) is 43.8 Å². The van der Waals surface area contributed by atoms with Gasteiger partial charge in [-0.25, -0.2) is 4.79 Å². The number of nitrogens with zero attached hydrogens (tertiary/aromatic N) is 1. The first kappa shape index (κ1) is 18.4. The third-order valence-corrected chi connectivity index (χ3v) is 4.70. The van der Waals surface area contributed by atoms with Crippen LogP contribution in [0.1, 0.15) is 30.1 Å². The lowest BCUT2D eigenvalue weighted by molar-refractivity contribution is 0.0339. The van der Waals surface area contributed by atoms with Crippen LogP contribution < -0.4 is 10.6 Å². The molecule has 1 aliphatic heterocycles. The fourth-order valence-electron chi connectivity index (χ4n) is 3.18. The van der Waals surface area contributed by atoms with Gasteiger partial charge in [-0.2, -0.15) is 0 Å². The second-order valence-electron chi connectivity index (χ2n) is 6.63.